The molecule has 0 aromatic carbocycles. The van der Waals surface area contributed by atoms with Crippen molar-refractivity contribution in [3.05, 3.63) is 0 Å². The fourth-order valence-corrected chi connectivity index (χ4v) is 1.60. The molecule has 0 aromatic rings. The molecule has 0 saturated carbocycles. The SMILES string of the molecule is CCC1(N)CN(CCC(C)O)C1. The Bertz CT molecular complexity index is 141. The van der Waals surface area contributed by atoms with Gasteiger partial charge in [0.15, 0.2) is 0 Å². The van der Waals surface area contributed by atoms with Crippen molar-refractivity contribution in [2.45, 2.75) is 38.3 Å². The van der Waals surface area contributed by atoms with Crippen LogP contribution in [-0.2, 0) is 0 Å². The number of nitrogens with zero attached hydrogens (tertiary/aromatic N) is 1. The standard InChI is InChI=1S/C9H20N2O/c1-3-9(10)6-11(7-9)5-4-8(2)12/h8,12H,3-7,10H2,1-2H3. The molecule has 1 atom stereocenters. The Labute approximate surface area is 74.5 Å². The van der Waals surface area contributed by atoms with Crippen molar-refractivity contribution in [2.24, 2.45) is 5.73 Å². The van der Waals surface area contributed by atoms with Gasteiger partial charge in [-0.3, -0.25) is 4.90 Å². The lowest BCUT2D eigenvalue weighted by Crippen LogP contribution is -2.66. The van der Waals surface area contributed by atoms with Crippen LogP contribution >= 0.6 is 0 Å². The highest BCUT2D eigenvalue weighted by molar-refractivity contribution is 4.98. The number of hydrogen-bond acceptors (Lipinski definition) is 3. The fraction of sp³-hybridized carbons (Fsp3) is 1.00. The molecule has 3 nitrogen and oxygen atoms in total. The summed E-state index contributed by atoms with van der Waals surface area (Å²) in [6.45, 7) is 6.93. The Kier molecular flexibility index (Phi) is 3.09. The third-order valence-corrected chi connectivity index (χ3v) is 2.64. The summed E-state index contributed by atoms with van der Waals surface area (Å²) in [5.41, 5.74) is 6.06. The zero-order chi connectivity index (χ0) is 9.19. The maximum atomic E-state index is 9.05. The summed E-state index contributed by atoms with van der Waals surface area (Å²) in [5.74, 6) is 0. The Morgan fingerprint density at radius 3 is 2.58 bits per heavy atom. The second kappa shape index (κ2) is 3.73. The summed E-state index contributed by atoms with van der Waals surface area (Å²) in [7, 11) is 0. The fourth-order valence-electron chi connectivity index (χ4n) is 1.60. The van der Waals surface area contributed by atoms with Crippen molar-refractivity contribution < 1.29 is 5.11 Å². The van der Waals surface area contributed by atoms with E-state index < -0.39 is 0 Å². The van der Waals surface area contributed by atoms with E-state index in [1.165, 1.54) is 0 Å². The molecule has 1 saturated heterocycles. The highest BCUT2D eigenvalue weighted by Crippen LogP contribution is 2.21. The van der Waals surface area contributed by atoms with Crippen molar-refractivity contribution in [3.8, 4) is 0 Å². The zero-order valence-electron chi connectivity index (χ0n) is 8.08. The highest BCUT2D eigenvalue weighted by Gasteiger charge is 2.36. The lowest BCUT2D eigenvalue weighted by molar-refractivity contribution is 0.0522. The summed E-state index contributed by atoms with van der Waals surface area (Å²) >= 11 is 0. The molecule has 0 bridgehead atoms. The van der Waals surface area contributed by atoms with Gasteiger partial charge < -0.3 is 10.8 Å². The molecule has 1 unspecified atom stereocenters. The number of hydrogen-bond donors (Lipinski definition) is 2. The molecule has 0 spiro atoms. The van der Waals surface area contributed by atoms with E-state index in [4.69, 9.17) is 10.8 Å². The maximum Gasteiger partial charge on any atom is 0.0524 e. The van der Waals surface area contributed by atoms with Crippen LogP contribution in [0.15, 0.2) is 0 Å². The van der Waals surface area contributed by atoms with Crippen LogP contribution in [0.5, 0.6) is 0 Å². The molecule has 0 amide bonds. The lowest BCUT2D eigenvalue weighted by Gasteiger charge is -2.47. The predicted molar refractivity (Wildman–Crippen MR) is 49.9 cm³/mol. The van der Waals surface area contributed by atoms with Crippen molar-refractivity contribution in [1.82, 2.24) is 4.90 Å². The van der Waals surface area contributed by atoms with E-state index in [0.29, 0.717) is 0 Å². The van der Waals surface area contributed by atoms with E-state index in [0.717, 1.165) is 32.5 Å². The van der Waals surface area contributed by atoms with Crippen molar-refractivity contribution in [2.75, 3.05) is 19.6 Å². The molecule has 1 aliphatic heterocycles. The zero-order valence-corrected chi connectivity index (χ0v) is 8.08. The van der Waals surface area contributed by atoms with E-state index in [-0.39, 0.29) is 11.6 Å². The monoisotopic (exact) mass is 172 g/mol. The lowest BCUT2D eigenvalue weighted by atomic mass is 9.88. The van der Waals surface area contributed by atoms with Gasteiger partial charge in [-0.05, 0) is 19.8 Å². The van der Waals surface area contributed by atoms with Gasteiger partial charge >= 0.3 is 0 Å². The minimum Gasteiger partial charge on any atom is -0.393 e. The molecule has 0 aliphatic carbocycles. The number of nitrogens with two attached hydrogens (primary N) is 1. The molecule has 0 radical (unpaired) electrons. The van der Waals surface area contributed by atoms with Crippen LogP contribution in [0.25, 0.3) is 0 Å². The topological polar surface area (TPSA) is 49.5 Å². The van der Waals surface area contributed by atoms with Crippen molar-refractivity contribution in [1.29, 1.82) is 0 Å². The normalized spacial score (nSPS) is 25.0. The molecule has 0 aromatic heterocycles. The van der Waals surface area contributed by atoms with Crippen LogP contribution in [0, 0.1) is 0 Å². The third-order valence-electron chi connectivity index (χ3n) is 2.64. The van der Waals surface area contributed by atoms with Gasteiger partial charge in [-0.15, -0.1) is 0 Å². The first-order chi connectivity index (χ1) is 5.56. The van der Waals surface area contributed by atoms with E-state index in [9.17, 15) is 0 Å². The predicted octanol–water partition coefficient (Wildman–Crippen LogP) is 0.180. The quantitative estimate of drug-likeness (QED) is 0.636. The van der Waals surface area contributed by atoms with E-state index in [2.05, 4.69) is 11.8 Å². The van der Waals surface area contributed by atoms with Gasteiger partial charge in [-0.1, -0.05) is 6.92 Å². The second-order valence-electron chi connectivity index (χ2n) is 4.06. The Hall–Kier alpha value is -0.120. The molecule has 1 rings (SSSR count). The van der Waals surface area contributed by atoms with E-state index in [1.54, 1.807) is 0 Å². The minimum absolute atomic E-state index is 0.0681. The summed E-state index contributed by atoms with van der Waals surface area (Å²) in [5, 5.41) is 9.05. The minimum atomic E-state index is -0.181. The second-order valence-corrected chi connectivity index (χ2v) is 4.06. The van der Waals surface area contributed by atoms with Gasteiger partial charge in [0, 0.05) is 25.2 Å². The van der Waals surface area contributed by atoms with Crippen LogP contribution in [0.2, 0.25) is 0 Å². The van der Waals surface area contributed by atoms with Crippen molar-refractivity contribution in [3.63, 3.8) is 0 Å². The third kappa shape index (κ3) is 2.44. The molecule has 1 fully saturated rings. The highest BCUT2D eigenvalue weighted by atomic mass is 16.3. The van der Waals surface area contributed by atoms with Gasteiger partial charge in [-0.25, -0.2) is 0 Å². The molecule has 1 aliphatic rings. The summed E-state index contributed by atoms with van der Waals surface area (Å²) < 4.78 is 0. The average molecular weight is 172 g/mol. The molecule has 3 heteroatoms. The molecular weight excluding hydrogens is 152 g/mol. The molecule has 1 heterocycles. The molecule has 12 heavy (non-hydrogen) atoms. The number of aliphatic hydroxyl groups is 1. The smallest absolute Gasteiger partial charge is 0.0524 e. The van der Waals surface area contributed by atoms with Gasteiger partial charge in [-0.2, -0.15) is 0 Å². The number of likely N-dealkylation sites (tertiary alicyclic amines) is 1. The van der Waals surface area contributed by atoms with E-state index >= 15 is 0 Å². The first-order valence-corrected chi connectivity index (χ1v) is 4.75. The van der Waals surface area contributed by atoms with Crippen LogP contribution in [0.1, 0.15) is 26.7 Å². The largest absolute Gasteiger partial charge is 0.393 e. The van der Waals surface area contributed by atoms with Crippen LogP contribution in [0.4, 0.5) is 0 Å². The van der Waals surface area contributed by atoms with Gasteiger partial charge in [0.1, 0.15) is 0 Å². The van der Waals surface area contributed by atoms with Gasteiger partial charge in [0.25, 0.3) is 0 Å². The number of aliphatic hydroxyl groups excluding tert-OH is 1. The van der Waals surface area contributed by atoms with Crippen LogP contribution < -0.4 is 5.73 Å². The molecule has 72 valence electrons. The first kappa shape index (κ1) is 9.96. The van der Waals surface area contributed by atoms with E-state index in [1.807, 2.05) is 6.92 Å². The Morgan fingerprint density at radius 1 is 1.58 bits per heavy atom. The number of rotatable bonds is 4. The first-order valence-electron chi connectivity index (χ1n) is 4.75. The van der Waals surface area contributed by atoms with Crippen LogP contribution in [0.3, 0.4) is 0 Å². The maximum absolute atomic E-state index is 9.05. The Balaban J connectivity index is 2.09. The summed E-state index contributed by atoms with van der Waals surface area (Å²) in [6.07, 6.45) is 1.73. The van der Waals surface area contributed by atoms with Gasteiger partial charge in [0.2, 0.25) is 0 Å². The molecule has 3 N–H and O–H groups in total. The average Bonchev–Trinajstić information content (AvgIpc) is 1.95. The van der Waals surface area contributed by atoms with Gasteiger partial charge in [0.05, 0.1) is 6.10 Å². The van der Waals surface area contributed by atoms with Crippen molar-refractivity contribution >= 4 is 0 Å². The summed E-state index contributed by atoms with van der Waals surface area (Å²) in [4.78, 5) is 2.30. The van der Waals surface area contributed by atoms with Crippen LogP contribution in [-0.4, -0.2) is 41.3 Å². The Morgan fingerprint density at radius 2 is 2.17 bits per heavy atom. The summed E-state index contributed by atoms with van der Waals surface area (Å²) in [6, 6.07) is 0. The molecular formula is C9H20N2O.